The van der Waals surface area contributed by atoms with Crippen molar-refractivity contribution >= 4 is 0 Å². The number of benzene rings is 8. The van der Waals surface area contributed by atoms with Gasteiger partial charge in [0.2, 0.25) is 0 Å². The minimum absolute atomic E-state index is 0.0115. The summed E-state index contributed by atoms with van der Waals surface area (Å²) in [5.41, 5.74) is 16.3. The number of nitrogens with zero attached hydrogens (tertiary/aromatic N) is 3. The molecule has 19 heteroatoms. The van der Waals surface area contributed by atoms with E-state index in [0.717, 1.165) is 44.5 Å². The maximum absolute atomic E-state index is 12.4. The molecule has 0 bridgehead atoms. The van der Waals surface area contributed by atoms with Crippen LogP contribution in [0.25, 0.3) is 10.4 Å². The molecule has 0 aliphatic carbocycles. The third kappa shape index (κ3) is 20.5. The molecular formula is C76H83N3O16. The van der Waals surface area contributed by atoms with Gasteiger partial charge in [-0.1, -0.05) is 248 Å². The summed E-state index contributed by atoms with van der Waals surface area (Å²) in [7, 11) is 0. The highest BCUT2D eigenvalue weighted by molar-refractivity contribution is 5.20. The van der Waals surface area contributed by atoms with E-state index in [1.165, 1.54) is 0 Å². The molecule has 0 amide bonds. The van der Waals surface area contributed by atoms with Crippen molar-refractivity contribution in [2.45, 2.75) is 145 Å². The second kappa shape index (κ2) is 37.1. The van der Waals surface area contributed by atoms with Gasteiger partial charge in [-0.15, -0.1) is 0 Å². The maximum Gasteiger partial charge on any atom is 0.187 e. The first kappa shape index (κ1) is 68.8. The zero-order chi connectivity index (χ0) is 65.1. The average Bonchev–Trinajstić information content (AvgIpc) is 0.776. The van der Waals surface area contributed by atoms with E-state index in [1.54, 1.807) is 0 Å². The summed E-state index contributed by atoms with van der Waals surface area (Å²) in [4.78, 5) is 2.98. The van der Waals surface area contributed by atoms with Crippen molar-refractivity contribution in [1.29, 1.82) is 0 Å². The molecule has 8 aromatic carbocycles. The number of aliphatic hydroxyl groups is 2. The first-order chi connectivity index (χ1) is 46.9. The lowest BCUT2D eigenvalue weighted by molar-refractivity contribution is -0.393. The van der Waals surface area contributed by atoms with Crippen LogP contribution in [0.1, 0.15) is 44.5 Å². The van der Waals surface area contributed by atoms with Crippen LogP contribution in [0.15, 0.2) is 248 Å². The van der Waals surface area contributed by atoms with E-state index in [9.17, 15) is 15.7 Å². The van der Waals surface area contributed by atoms with Gasteiger partial charge in [-0.05, 0) is 50.0 Å². The van der Waals surface area contributed by atoms with Gasteiger partial charge < -0.3 is 76.5 Å². The maximum atomic E-state index is 12.4. The number of azide groups is 1. The molecule has 6 unspecified atom stereocenters. The van der Waals surface area contributed by atoms with Crippen molar-refractivity contribution in [2.24, 2.45) is 5.11 Å². The highest BCUT2D eigenvalue weighted by Gasteiger charge is 2.57. The molecule has 3 heterocycles. The minimum atomic E-state index is -1.53. The monoisotopic (exact) mass is 1290 g/mol. The number of rotatable bonds is 35. The molecule has 3 aliphatic rings. The van der Waals surface area contributed by atoms with Crippen molar-refractivity contribution in [3.63, 3.8) is 0 Å². The molecule has 15 atom stereocenters. The minimum Gasteiger partial charge on any atom is -0.387 e. The normalized spacial score (nSPS) is 25.9. The van der Waals surface area contributed by atoms with Gasteiger partial charge in [0.05, 0.1) is 79.3 Å². The zero-order valence-corrected chi connectivity index (χ0v) is 52.9. The van der Waals surface area contributed by atoms with E-state index in [2.05, 4.69) is 10.0 Å². The van der Waals surface area contributed by atoms with Crippen LogP contribution >= 0.6 is 0 Å². The number of hydrogen-bond donors (Lipinski definition) is 2. The molecule has 11 rings (SSSR count). The molecule has 0 aromatic heterocycles. The molecule has 3 aliphatic heterocycles. The standard InChI is InChI=1S/C76H83N3O16/c77-79-78-41-42-85-74-72(89-49-60-37-21-7-22-38-60)70(87-47-58-33-17-5-18-34-58)67(63(92-74)52-83-44-55-27-11-2-12-28-55)95-76-73(90-50-61-39-23-8-24-40-61)71(88-48-59-35-19-6-20-36-59)68(64(93-76)53-84-45-56-29-13-3-14-30-56)94-75-69(86-46-57-31-15-4-16-32-57)66(81)65(80)62(91-75)51-82-43-54-25-9-1-10-26-54/h1-40,62-76,80-81H,41-53H2/t62?,63-,64?,65+,66+,67-,68+,69?,70?,71+,72?,73?,74+,75+,76+/m1/s1. The highest BCUT2D eigenvalue weighted by atomic mass is 16.8. The topological polar surface area (TPSA) is 218 Å². The Morgan fingerprint density at radius 3 is 0.926 bits per heavy atom. The van der Waals surface area contributed by atoms with Gasteiger partial charge in [-0.2, -0.15) is 0 Å². The summed E-state index contributed by atoms with van der Waals surface area (Å²) in [6.07, 6.45) is -17.8. The molecule has 8 aromatic rings. The summed E-state index contributed by atoms with van der Waals surface area (Å²) >= 11 is 0. The molecule has 2 N–H and O–H groups in total. The first-order valence-electron chi connectivity index (χ1n) is 32.3. The van der Waals surface area contributed by atoms with Crippen molar-refractivity contribution in [2.75, 3.05) is 33.0 Å². The van der Waals surface area contributed by atoms with E-state index in [1.807, 2.05) is 243 Å². The van der Waals surface area contributed by atoms with E-state index in [-0.39, 0.29) is 85.8 Å². The van der Waals surface area contributed by atoms with Crippen molar-refractivity contribution in [3.8, 4) is 0 Å². The second-order valence-corrected chi connectivity index (χ2v) is 23.4. The number of ether oxygens (including phenoxy) is 14. The Labute approximate surface area is 554 Å². The largest absolute Gasteiger partial charge is 0.387 e. The van der Waals surface area contributed by atoms with Crippen LogP contribution in [-0.4, -0.2) is 135 Å². The fraction of sp³-hybridized carbons (Fsp3) is 0.368. The van der Waals surface area contributed by atoms with Gasteiger partial charge in [0.1, 0.15) is 73.2 Å². The van der Waals surface area contributed by atoms with Crippen LogP contribution in [-0.2, 0) is 119 Å². The molecule has 19 nitrogen and oxygen atoms in total. The molecule has 3 fully saturated rings. The summed E-state index contributed by atoms with van der Waals surface area (Å²) in [6, 6.07) is 77.7. The quantitative estimate of drug-likeness (QED) is 0.0163. The molecule has 95 heavy (non-hydrogen) atoms. The van der Waals surface area contributed by atoms with Gasteiger partial charge in [-0.3, -0.25) is 0 Å². The Balaban J connectivity index is 1.01. The van der Waals surface area contributed by atoms with Crippen molar-refractivity contribution in [1.82, 2.24) is 0 Å². The van der Waals surface area contributed by atoms with E-state index in [4.69, 9.17) is 66.3 Å². The lowest BCUT2D eigenvalue weighted by Crippen LogP contribution is -2.68. The van der Waals surface area contributed by atoms with Crippen LogP contribution < -0.4 is 0 Å². The Kier molecular flexibility index (Phi) is 26.9. The van der Waals surface area contributed by atoms with Gasteiger partial charge in [0.15, 0.2) is 18.9 Å². The fourth-order valence-electron chi connectivity index (χ4n) is 11.7. The highest BCUT2D eigenvalue weighted by Crippen LogP contribution is 2.39. The van der Waals surface area contributed by atoms with Gasteiger partial charge in [0, 0.05) is 11.5 Å². The molecular weight excluding hydrogens is 1210 g/mol. The van der Waals surface area contributed by atoms with E-state index >= 15 is 0 Å². The summed E-state index contributed by atoms with van der Waals surface area (Å²) < 4.78 is 97.7. The summed E-state index contributed by atoms with van der Waals surface area (Å²) in [5, 5.41) is 28.1. The number of hydrogen-bond acceptors (Lipinski definition) is 17. The van der Waals surface area contributed by atoms with Gasteiger partial charge in [0.25, 0.3) is 0 Å². The first-order valence-corrected chi connectivity index (χ1v) is 32.3. The van der Waals surface area contributed by atoms with Crippen LogP contribution in [0.4, 0.5) is 0 Å². The van der Waals surface area contributed by atoms with Gasteiger partial charge >= 0.3 is 0 Å². The predicted molar refractivity (Wildman–Crippen MR) is 351 cm³/mol. The smallest absolute Gasteiger partial charge is 0.187 e. The molecule has 0 spiro atoms. The summed E-state index contributed by atoms with van der Waals surface area (Å²) in [6.45, 7) is 0.767. The average molecular weight is 1290 g/mol. The van der Waals surface area contributed by atoms with Crippen LogP contribution in [0.2, 0.25) is 0 Å². The van der Waals surface area contributed by atoms with Crippen LogP contribution in [0.5, 0.6) is 0 Å². The zero-order valence-electron chi connectivity index (χ0n) is 52.9. The van der Waals surface area contributed by atoms with Gasteiger partial charge in [-0.25, -0.2) is 0 Å². The van der Waals surface area contributed by atoms with Crippen LogP contribution in [0, 0.1) is 0 Å². The lowest BCUT2D eigenvalue weighted by Gasteiger charge is -2.51. The predicted octanol–water partition coefficient (Wildman–Crippen LogP) is 11.6. The van der Waals surface area contributed by atoms with E-state index < -0.39 is 92.1 Å². The third-order valence-electron chi connectivity index (χ3n) is 16.6. The van der Waals surface area contributed by atoms with Crippen LogP contribution in [0.3, 0.4) is 0 Å². The molecule has 498 valence electrons. The number of aliphatic hydroxyl groups excluding tert-OH is 2. The lowest BCUT2D eigenvalue weighted by atomic mass is 9.95. The Morgan fingerprint density at radius 1 is 0.305 bits per heavy atom. The third-order valence-corrected chi connectivity index (χ3v) is 16.6. The SMILES string of the molecule is [N-]=[N+]=NCCO[C@H]1O[C@H](COCc2ccccc2)[C@@H](O[C@@H]2OC(COCc3ccccc3)[C@H](O[C@@H]3OC(COCc4ccccc4)[C@H](O)[C@H](O)C3OCc3ccccc3)[C@H](OCc3ccccc3)C2OCc2ccccc2)C(OCc2ccccc2)C1OCc1ccccc1. The fourth-order valence-corrected chi connectivity index (χ4v) is 11.7. The molecule has 3 saturated heterocycles. The molecule has 0 radical (unpaired) electrons. The van der Waals surface area contributed by atoms with Crippen molar-refractivity contribution in [3.05, 3.63) is 298 Å². The Bertz CT molecular complexity index is 3450. The van der Waals surface area contributed by atoms with E-state index in [0.29, 0.717) is 0 Å². The van der Waals surface area contributed by atoms with Crippen molar-refractivity contribution < 1.29 is 76.5 Å². The Morgan fingerprint density at radius 2 is 0.579 bits per heavy atom. The Hall–Kier alpha value is -7.57. The second-order valence-electron chi connectivity index (χ2n) is 23.4. The molecule has 0 saturated carbocycles. The summed E-state index contributed by atoms with van der Waals surface area (Å²) in [5.74, 6) is 0.